The van der Waals surface area contributed by atoms with Crippen LogP contribution < -0.4 is 4.65 Å². The van der Waals surface area contributed by atoms with Gasteiger partial charge in [0.05, 0.1) is 6.54 Å². The van der Waals surface area contributed by atoms with Gasteiger partial charge in [0.2, 0.25) is 0 Å². The molecular weight excluding hydrogens is 661 g/mol. The van der Waals surface area contributed by atoms with E-state index in [-0.39, 0.29) is 23.7 Å². The molecule has 1 saturated heterocycles. The highest BCUT2D eigenvalue weighted by atomic mass is 35.5. The Morgan fingerprint density at radius 3 is 2.00 bits per heavy atom. The Bertz CT molecular complexity index is 1770. The minimum atomic E-state index is -5.41. The van der Waals surface area contributed by atoms with Gasteiger partial charge in [-0.25, -0.2) is 9.59 Å². The van der Waals surface area contributed by atoms with Gasteiger partial charge in [-0.1, -0.05) is 54.4 Å². The van der Waals surface area contributed by atoms with E-state index in [1.165, 1.54) is 53.4 Å². The lowest BCUT2D eigenvalue weighted by Crippen LogP contribution is -2.58. The Kier molecular flexibility index (Phi) is 9.91. The Morgan fingerprint density at radius 1 is 0.776 bits per heavy atom. The summed E-state index contributed by atoms with van der Waals surface area (Å²) in [7, 11) is 0. The maximum atomic E-state index is 14.5. The quantitative estimate of drug-likeness (QED) is 0.221. The lowest BCUT2D eigenvalue weighted by Gasteiger charge is -2.32. The van der Waals surface area contributed by atoms with Gasteiger partial charge in [0, 0.05) is 53.0 Å². The van der Waals surface area contributed by atoms with Crippen LogP contribution in [-0.4, -0.2) is 77.3 Å². The number of nitrogens with zero attached hydrogens (tertiary/aromatic N) is 4. The smallest absolute Gasteiger partial charge is 0.331 e. The van der Waals surface area contributed by atoms with Crippen LogP contribution in [0.2, 0.25) is 5.02 Å². The molecule has 3 aliphatic rings. The number of likely N-dealkylation sites (tertiary alicyclic amines) is 1. The summed E-state index contributed by atoms with van der Waals surface area (Å²) in [6.45, 7) is 1.80. The lowest BCUT2D eigenvalue weighted by molar-refractivity contribution is -0.235. The molecule has 3 aromatic carbocycles. The van der Waals surface area contributed by atoms with Crippen LogP contribution in [0.3, 0.4) is 0 Å². The zero-order valence-corrected chi connectivity index (χ0v) is 27.4. The number of piperidine rings is 1. The molecule has 0 N–H and O–H groups in total. The van der Waals surface area contributed by atoms with Crippen molar-refractivity contribution in [3.8, 4) is 0 Å². The number of halogens is 4. The predicted molar refractivity (Wildman–Crippen MR) is 176 cm³/mol. The number of carbonyl (C=O) groups is 4. The molecule has 0 radical (unpaired) electrons. The Balaban J connectivity index is 1.43. The van der Waals surface area contributed by atoms with Crippen LogP contribution in [-0.2, 0) is 34.1 Å². The number of hydroxylamine groups is 2. The third kappa shape index (κ3) is 7.56. The molecule has 9 nitrogen and oxygen atoms in total. The van der Waals surface area contributed by atoms with Gasteiger partial charge in [-0.15, -0.1) is 0 Å². The average molecular weight is 696 g/mol. The molecule has 49 heavy (non-hydrogen) atoms. The minimum absolute atomic E-state index is 0.0341. The van der Waals surface area contributed by atoms with E-state index in [4.69, 9.17) is 16.4 Å². The Morgan fingerprint density at radius 2 is 1.37 bits per heavy atom. The van der Waals surface area contributed by atoms with Crippen molar-refractivity contribution in [3.05, 3.63) is 112 Å². The summed E-state index contributed by atoms with van der Waals surface area (Å²) in [5.74, 6) is -4.26. The summed E-state index contributed by atoms with van der Waals surface area (Å²) in [6, 6.07) is 17.3. The largest absolute Gasteiger partial charge is 0.497 e. The van der Waals surface area contributed by atoms with Crippen molar-refractivity contribution < 1.29 is 37.2 Å². The molecule has 256 valence electrons. The fourth-order valence-electron chi connectivity index (χ4n) is 6.48. The van der Waals surface area contributed by atoms with Crippen LogP contribution in [0.5, 0.6) is 0 Å². The van der Waals surface area contributed by atoms with E-state index in [9.17, 15) is 32.3 Å². The molecule has 3 aromatic rings. The standard InChI is InChI=1S/C36H35ClF3N4O5/c37-30-14-12-28(13-15-30)34(47)43-22-29-11-8-26(21-41-16-2-1-3-17-41)20-31(29)44(32(45)23-43,49-35(48)36(38,39)40)24-25-6-9-27(10-7-25)33(46)42-18-4-5-19-42/h4-15,20H,1-3,16-19,21-24H2/q+1. The van der Waals surface area contributed by atoms with E-state index in [0.29, 0.717) is 41.3 Å². The molecule has 0 spiro atoms. The summed E-state index contributed by atoms with van der Waals surface area (Å²) in [4.78, 5) is 64.1. The fraction of sp³-hybridized carbons (Fsp3) is 0.333. The van der Waals surface area contributed by atoms with Crippen LogP contribution in [0.1, 0.15) is 56.7 Å². The molecule has 1 atom stereocenters. The average Bonchev–Trinajstić information content (AvgIpc) is 3.60. The number of quaternary nitrogens is 1. The highest BCUT2D eigenvalue weighted by Crippen LogP contribution is 2.38. The van der Waals surface area contributed by atoms with Crippen LogP contribution >= 0.6 is 11.6 Å². The molecule has 3 amide bonds. The first kappa shape index (κ1) is 34.3. The molecule has 6 rings (SSSR count). The van der Waals surface area contributed by atoms with Gasteiger partial charge >= 0.3 is 18.1 Å². The van der Waals surface area contributed by atoms with Gasteiger partial charge < -0.3 is 9.80 Å². The van der Waals surface area contributed by atoms with E-state index < -0.39 is 41.7 Å². The van der Waals surface area contributed by atoms with Gasteiger partial charge in [-0.05, 0) is 72.5 Å². The molecule has 1 fully saturated rings. The Labute approximate surface area is 286 Å². The summed E-state index contributed by atoms with van der Waals surface area (Å²) in [6.07, 6.45) is 1.47. The van der Waals surface area contributed by atoms with E-state index in [2.05, 4.69) is 4.90 Å². The molecule has 3 heterocycles. The number of benzene rings is 3. The number of hydrogen-bond acceptors (Lipinski definition) is 6. The van der Waals surface area contributed by atoms with Gasteiger partial charge in [-0.2, -0.15) is 13.2 Å². The van der Waals surface area contributed by atoms with Crippen LogP contribution in [0.4, 0.5) is 18.9 Å². The van der Waals surface area contributed by atoms with Crippen molar-refractivity contribution in [2.75, 3.05) is 32.7 Å². The number of hydrogen-bond donors (Lipinski definition) is 0. The summed E-state index contributed by atoms with van der Waals surface area (Å²) >= 11 is 6.01. The second kappa shape index (κ2) is 14.1. The topological polar surface area (TPSA) is 87.2 Å². The molecule has 3 aliphatic heterocycles. The summed E-state index contributed by atoms with van der Waals surface area (Å²) in [5.41, 5.74) is 2.02. The third-order valence-corrected chi connectivity index (χ3v) is 9.30. The van der Waals surface area contributed by atoms with E-state index in [1.807, 2.05) is 18.2 Å². The number of carbonyl (C=O) groups excluding carboxylic acids is 4. The maximum absolute atomic E-state index is 14.5. The van der Waals surface area contributed by atoms with Crippen molar-refractivity contribution in [3.63, 3.8) is 0 Å². The first-order valence-electron chi connectivity index (χ1n) is 16.1. The van der Waals surface area contributed by atoms with Crippen molar-refractivity contribution in [2.45, 2.75) is 45.1 Å². The normalized spacial score (nSPS) is 19.8. The molecule has 0 aromatic heterocycles. The van der Waals surface area contributed by atoms with Crippen LogP contribution in [0, 0.1) is 0 Å². The number of amides is 3. The van der Waals surface area contributed by atoms with Crippen molar-refractivity contribution in [2.24, 2.45) is 0 Å². The summed E-state index contributed by atoms with van der Waals surface area (Å²) in [5, 5.41) is 0.398. The van der Waals surface area contributed by atoms with E-state index in [1.54, 1.807) is 17.0 Å². The van der Waals surface area contributed by atoms with Gasteiger partial charge in [0.1, 0.15) is 6.54 Å². The molecular formula is C36H35ClF3N4O5+. The van der Waals surface area contributed by atoms with E-state index in [0.717, 1.165) is 37.9 Å². The minimum Gasteiger partial charge on any atom is -0.331 e. The Hall–Kier alpha value is -4.52. The lowest BCUT2D eigenvalue weighted by atomic mass is 10.0. The predicted octanol–water partition coefficient (Wildman–Crippen LogP) is 6.05. The van der Waals surface area contributed by atoms with Gasteiger partial charge in [-0.3, -0.25) is 19.3 Å². The van der Waals surface area contributed by atoms with Gasteiger partial charge in [0.15, 0.2) is 12.2 Å². The monoisotopic (exact) mass is 695 g/mol. The molecule has 13 heteroatoms. The summed E-state index contributed by atoms with van der Waals surface area (Å²) < 4.78 is 40.3. The maximum Gasteiger partial charge on any atom is 0.497 e. The zero-order chi connectivity index (χ0) is 34.8. The number of fused-ring (bicyclic) bond motifs is 1. The highest BCUT2D eigenvalue weighted by Gasteiger charge is 2.55. The fourth-order valence-corrected chi connectivity index (χ4v) is 6.61. The van der Waals surface area contributed by atoms with Crippen molar-refractivity contribution >= 4 is 41.0 Å². The number of alkyl halides is 3. The SMILES string of the molecule is O=C(c1ccc(C[N+]2(OC(=O)C(F)(F)F)C(=O)CN(C(=O)c3ccc(Cl)cc3)Cc3ccc(CN4CCCCC4)cc32)cc1)N1CC=CC1. The van der Waals surface area contributed by atoms with Crippen molar-refractivity contribution in [1.29, 1.82) is 0 Å². The molecule has 0 aliphatic carbocycles. The first-order chi connectivity index (χ1) is 23.4. The molecule has 0 bridgehead atoms. The molecule has 0 saturated carbocycles. The van der Waals surface area contributed by atoms with Crippen LogP contribution in [0.15, 0.2) is 78.9 Å². The zero-order valence-electron chi connectivity index (χ0n) is 26.6. The first-order valence-corrected chi connectivity index (χ1v) is 16.5. The highest BCUT2D eigenvalue weighted by molar-refractivity contribution is 6.30. The number of rotatable bonds is 7. The van der Waals surface area contributed by atoms with Crippen LogP contribution in [0.25, 0.3) is 0 Å². The molecule has 1 unspecified atom stereocenters. The second-order valence-electron chi connectivity index (χ2n) is 12.5. The third-order valence-electron chi connectivity index (χ3n) is 9.04. The van der Waals surface area contributed by atoms with E-state index >= 15 is 0 Å². The van der Waals surface area contributed by atoms with Crippen molar-refractivity contribution in [1.82, 2.24) is 19.3 Å². The van der Waals surface area contributed by atoms with Gasteiger partial charge in [0.25, 0.3) is 11.8 Å². The second-order valence-corrected chi connectivity index (χ2v) is 13.0.